The minimum Gasteiger partial charge on any atom is -0.309 e. The van der Waals surface area contributed by atoms with Crippen LogP contribution in [0.2, 0.25) is 0 Å². The van der Waals surface area contributed by atoms with Gasteiger partial charge in [0.1, 0.15) is 5.82 Å². The number of aromatic nitrogens is 3. The Hall–Kier alpha value is -1.33. The van der Waals surface area contributed by atoms with Crippen molar-refractivity contribution in [3.63, 3.8) is 0 Å². The number of hydrogen-bond donors (Lipinski definition) is 1. The molecule has 5 heteroatoms. The van der Waals surface area contributed by atoms with Crippen LogP contribution >= 0.6 is 11.3 Å². The van der Waals surface area contributed by atoms with Gasteiger partial charge in [-0.1, -0.05) is 27.7 Å². The molecule has 0 aliphatic heterocycles. The fourth-order valence-electron chi connectivity index (χ4n) is 2.12. The molecule has 0 saturated heterocycles. The molecule has 2 aromatic rings. The average molecular weight is 304 g/mol. The molecule has 0 radical (unpaired) electrons. The molecule has 0 saturated carbocycles. The van der Waals surface area contributed by atoms with Gasteiger partial charge in [-0.2, -0.15) is 0 Å². The van der Waals surface area contributed by atoms with Gasteiger partial charge in [-0.15, -0.1) is 11.3 Å². The Balaban J connectivity index is 2.18. The highest BCUT2D eigenvalue weighted by Gasteiger charge is 2.20. The van der Waals surface area contributed by atoms with Gasteiger partial charge in [-0.25, -0.2) is 15.0 Å². The maximum atomic E-state index is 4.79. The summed E-state index contributed by atoms with van der Waals surface area (Å²) in [7, 11) is 0. The van der Waals surface area contributed by atoms with Crippen LogP contribution in [0.15, 0.2) is 17.6 Å². The van der Waals surface area contributed by atoms with Crippen molar-refractivity contribution >= 4 is 11.3 Å². The van der Waals surface area contributed by atoms with Crippen LogP contribution in [0.3, 0.4) is 0 Å². The van der Waals surface area contributed by atoms with Crippen molar-refractivity contribution in [3.05, 3.63) is 39.9 Å². The van der Waals surface area contributed by atoms with Crippen molar-refractivity contribution < 1.29 is 0 Å². The van der Waals surface area contributed by atoms with E-state index in [1.807, 2.05) is 19.2 Å². The van der Waals surface area contributed by atoms with Crippen LogP contribution in [-0.4, -0.2) is 21.5 Å². The molecule has 1 atom stereocenters. The molecule has 2 rings (SSSR count). The van der Waals surface area contributed by atoms with Gasteiger partial charge in [0, 0.05) is 23.4 Å². The lowest BCUT2D eigenvalue weighted by Crippen LogP contribution is -2.24. The second-order valence-electron chi connectivity index (χ2n) is 6.22. The quantitative estimate of drug-likeness (QED) is 0.919. The number of nitrogens with one attached hydrogen (secondary N) is 1. The van der Waals surface area contributed by atoms with E-state index >= 15 is 0 Å². The van der Waals surface area contributed by atoms with Crippen LogP contribution in [0.5, 0.6) is 0 Å². The van der Waals surface area contributed by atoms with E-state index in [1.54, 1.807) is 11.3 Å². The number of nitrogens with zero attached hydrogens (tertiary/aromatic N) is 3. The third-order valence-corrected chi connectivity index (χ3v) is 4.18. The minimum atomic E-state index is 0.105. The Morgan fingerprint density at radius 3 is 2.62 bits per heavy atom. The highest BCUT2D eigenvalue weighted by Crippen LogP contribution is 2.26. The monoisotopic (exact) mass is 304 g/mol. The van der Waals surface area contributed by atoms with E-state index in [0.29, 0.717) is 0 Å². The molecular weight excluding hydrogens is 280 g/mol. The molecule has 0 spiro atoms. The Kier molecular flexibility index (Phi) is 5.06. The summed E-state index contributed by atoms with van der Waals surface area (Å²) in [6, 6.07) is 2.18. The summed E-state index contributed by atoms with van der Waals surface area (Å²) < 4.78 is 0. The van der Waals surface area contributed by atoms with E-state index < -0.39 is 0 Å². The predicted octanol–water partition coefficient (Wildman–Crippen LogP) is 3.43. The van der Waals surface area contributed by atoms with Crippen molar-refractivity contribution in [2.24, 2.45) is 0 Å². The van der Waals surface area contributed by atoms with E-state index in [-0.39, 0.29) is 11.5 Å². The fourth-order valence-corrected chi connectivity index (χ4v) is 3.19. The van der Waals surface area contributed by atoms with Crippen molar-refractivity contribution in [1.29, 1.82) is 0 Å². The first-order chi connectivity index (χ1) is 9.90. The molecule has 114 valence electrons. The van der Waals surface area contributed by atoms with Crippen LogP contribution in [0.1, 0.15) is 56.0 Å². The summed E-state index contributed by atoms with van der Waals surface area (Å²) in [5.74, 6) is 0.810. The number of hydrogen-bond acceptors (Lipinski definition) is 5. The summed E-state index contributed by atoms with van der Waals surface area (Å²) in [6.07, 6.45) is 2.69. The van der Waals surface area contributed by atoms with Crippen LogP contribution in [0.25, 0.3) is 0 Å². The summed E-state index contributed by atoms with van der Waals surface area (Å²) in [4.78, 5) is 13.5. The van der Waals surface area contributed by atoms with E-state index in [0.717, 1.165) is 35.2 Å². The maximum Gasteiger partial charge on any atom is 0.125 e. The summed E-state index contributed by atoms with van der Waals surface area (Å²) in [6.45, 7) is 11.5. The third kappa shape index (κ3) is 4.32. The van der Waals surface area contributed by atoms with Crippen LogP contribution in [0.4, 0.5) is 0 Å². The number of likely N-dealkylation sites (N-methyl/N-ethyl adjacent to an activating group) is 1. The lowest BCUT2D eigenvalue weighted by atomic mass is 9.93. The largest absolute Gasteiger partial charge is 0.309 e. The van der Waals surface area contributed by atoms with Crippen molar-refractivity contribution in [3.8, 4) is 0 Å². The lowest BCUT2D eigenvalue weighted by Gasteiger charge is -2.17. The molecule has 0 fully saturated rings. The molecule has 21 heavy (non-hydrogen) atoms. The first kappa shape index (κ1) is 16.0. The predicted molar refractivity (Wildman–Crippen MR) is 87.7 cm³/mol. The zero-order chi connectivity index (χ0) is 15.5. The summed E-state index contributed by atoms with van der Waals surface area (Å²) >= 11 is 1.73. The zero-order valence-electron chi connectivity index (χ0n) is 13.5. The van der Waals surface area contributed by atoms with Crippen molar-refractivity contribution in [2.45, 2.75) is 52.5 Å². The molecule has 0 aliphatic rings. The SMILES string of the molecule is CCNC(Cc1nc(C(C)(C)C)cs1)c1ccnc(C)n1. The summed E-state index contributed by atoms with van der Waals surface area (Å²) in [5, 5.41) is 6.82. The van der Waals surface area contributed by atoms with Gasteiger partial charge in [0.25, 0.3) is 0 Å². The Labute approximate surface area is 131 Å². The van der Waals surface area contributed by atoms with E-state index in [1.165, 1.54) is 0 Å². The fraction of sp³-hybridized carbons (Fsp3) is 0.562. The third-order valence-electron chi connectivity index (χ3n) is 3.30. The van der Waals surface area contributed by atoms with Crippen LogP contribution < -0.4 is 5.32 Å². The number of rotatable bonds is 5. The number of thiazole rings is 1. The zero-order valence-corrected chi connectivity index (χ0v) is 14.3. The molecule has 4 nitrogen and oxygen atoms in total. The maximum absolute atomic E-state index is 4.79. The minimum absolute atomic E-state index is 0.105. The topological polar surface area (TPSA) is 50.7 Å². The van der Waals surface area contributed by atoms with Gasteiger partial charge in [0.05, 0.1) is 22.4 Å². The molecule has 0 bridgehead atoms. The van der Waals surface area contributed by atoms with Crippen molar-refractivity contribution in [1.82, 2.24) is 20.3 Å². The summed E-state index contributed by atoms with van der Waals surface area (Å²) in [5.41, 5.74) is 2.31. The molecular formula is C16H24N4S. The molecule has 0 amide bonds. The van der Waals surface area contributed by atoms with Gasteiger partial charge >= 0.3 is 0 Å². The van der Waals surface area contributed by atoms with Gasteiger partial charge < -0.3 is 5.32 Å². The first-order valence-corrected chi connectivity index (χ1v) is 8.26. The molecule has 0 aromatic carbocycles. The average Bonchev–Trinajstić information content (AvgIpc) is 2.87. The highest BCUT2D eigenvalue weighted by molar-refractivity contribution is 7.09. The second-order valence-corrected chi connectivity index (χ2v) is 7.16. The standard InChI is InChI=1S/C16H24N4S/c1-6-17-13(12-7-8-18-11(2)19-12)9-15-20-14(10-21-15)16(3,4)5/h7-8,10,13,17H,6,9H2,1-5H3. The van der Waals surface area contributed by atoms with Crippen LogP contribution in [-0.2, 0) is 11.8 Å². The Morgan fingerprint density at radius 2 is 2.05 bits per heavy atom. The van der Waals surface area contributed by atoms with E-state index in [2.05, 4.69) is 48.4 Å². The van der Waals surface area contributed by atoms with E-state index in [9.17, 15) is 0 Å². The van der Waals surface area contributed by atoms with E-state index in [4.69, 9.17) is 4.98 Å². The second kappa shape index (κ2) is 6.62. The molecule has 1 unspecified atom stereocenters. The van der Waals surface area contributed by atoms with Gasteiger partial charge in [0.15, 0.2) is 0 Å². The van der Waals surface area contributed by atoms with Crippen molar-refractivity contribution in [2.75, 3.05) is 6.54 Å². The highest BCUT2D eigenvalue weighted by atomic mass is 32.1. The molecule has 2 heterocycles. The normalized spacial score (nSPS) is 13.4. The van der Waals surface area contributed by atoms with Crippen LogP contribution in [0, 0.1) is 6.92 Å². The molecule has 0 aliphatic carbocycles. The smallest absolute Gasteiger partial charge is 0.125 e. The molecule has 2 aromatic heterocycles. The van der Waals surface area contributed by atoms with Gasteiger partial charge in [-0.05, 0) is 19.5 Å². The van der Waals surface area contributed by atoms with Gasteiger partial charge in [0.2, 0.25) is 0 Å². The molecule has 1 N–H and O–H groups in total. The Morgan fingerprint density at radius 1 is 1.29 bits per heavy atom. The lowest BCUT2D eigenvalue weighted by molar-refractivity contribution is 0.527. The van der Waals surface area contributed by atoms with Gasteiger partial charge in [-0.3, -0.25) is 0 Å². The first-order valence-electron chi connectivity index (χ1n) is 7.38. The number of aryl methyl sites for hydroxylation is 1. The Bertz CT molecular complexity index is 586.